The molecule has 0 unspecified atom stereocenters. The fraction of sp³-hybridized carbons (Fsp3) is 0.800. The molecule has 1 heterocycles. The van der Waals surface area contributed by atoms with E-state index in [4.69, 9.17) is 5.10 Å². The van der Waals surface area contributed by atoms with Crippen molar-refractivity contribution in [2.45, 2.75) is 75.1 Å². The zero-order chi connectivity index (χ0) is 14.4. The summed E-state index contributed by atoms with van der Waals surface area (Å²) in [6.07, 6.45) is 11.7. The van der Waals surface area contributed by atoms with Crippen LogP contribution in [0.4, 0.5) is 0 Å². The third kappa shape index (κ3) is 2.63. The summed E-state index contributed by atoms with van der Waals surface area (Å²) >= 11 is 0. The number of rotatable bonds is 4. The normalized spacial score (nSPS) is 27.0. The van der Waals surface area contributed by atoms with Crippen LogP contribution >= 0.6 is 0 Å². The van der Waals surface area contributed by atoms with Crippen molar-refractivity contribution < 1.29 is 8.42 Å². The molecule has 0 spiro atoms. The number of fused-ring (bicyclic) bond motifs is 1. The van der Waals surface area contributed by atoms with Gasteiger partial charge in [0.2, 0.25) is 10.0 Å². The van der Waals surface area contributed by atoms with E-state index in [0.717, 1.165) is 37.8 Å². The molecular formula is C15H23N3O2S. The Bertz CT molecular complexity index is 627. The van der Waals surface area contributed by atoms with Crippen molar-refractivity contribution in [2.75, 3.05) is 0 Å². The van der Waals surface area contributed by atoms with Gasteiger partial charge in [-0.25, -0.2) is 13.1 Å². The van der Waals surface area contributed by atoms with Gasteiger partial charge >= 0.3 is 0 Å². The van der Waals surface area contributed by atoms with Crippen LogP contribution in [-0.2, 0) is 16.4 Å². The predicted molar refractivity (Wildman–Crippen MR) is 80.5 cm³/mol. The first kappa shape index (κ1) is 13.8. The second-order valence-corrected chi connectivity index (χ2v) is 8.76. The summed E-state index contributed by atoms with van der Waals surface area (Å²) < 4.78 is 29.4. The minimum atomic E-state index is -3.14. The minimum Gasteiger partial charge on any atom is -0.269 e. The topological polar surface area (TPSA) is 64.0 Å². The Balaban J connectivity index is 1.58. The Kier molecular flexibility index (Phi) is 3.34. The molecule has 4 rings (SSSR count). The van der Waals surface area contributed by atoms with Crippen molar-refractivity contribution in [3.05, 3.63) is 17.5 Å². The number of hydrogen-bond donors (Lipinski definition) is 1. The average molecular weight is 309 g/mol. The molecule has 0 aromatic carbocycles. The van der Waals surface area contributed by atoms with Crippen molar-refractivity contribution in [1.29, 1.82) is 0 Å². The molecule has 1 N–H and O–H groups in total. The predicted octanol–water partition coefficient (Wildman–Crippen LogP) is 2.46. The van der Waals surface area contributed by atoms with Crippen LogP contribution in [0.15, 0.2) is 6.20 Å². The molecule has 0 amide bonds. The van der Waals surface area contributed by atoms with Crippen LogP contribution in [0.2, 0.25) is 0 Å². The fourth-order valence-corrected chi connectivity index (χ4v) is 5.28. The molecule has 0 bridgehead atoms. The largest absolute Gasteiger partial charge is 0.269 e. The lowest BCUT2D eigenvalue weighted by Crippen LogP contribution is -2.33. The Hall–Kier alpha value is -0.880. The van der Waals surface area contributed by atoms with Gasteiger partial charge < -0.3 is 0 Å². The highest BCUT2D eigenvalue weighted by molar-refractivity contribution is 7.90. The zero-order valence-corrected chi connectivity index (χ0v) is 13.1. The first-order chi connectivity index (χ1) is 10.1. The molecule has 116 valence electrons. The molecule has 3 aliphatic carbocycles. The highest BCUT2D eigenvalue weighted by Gasteiger charge is 2.38. The third-order valence-corrected chi connectivity index (χ3v) is 7.04. The lowest BCUT2D eigenvalue weighted by molar-refractivity contribution is 0.449. The number of hydrogen-bond acceptors (Lipinski definition) is 3. The van der Waals surface area contributed by atoms with Crippen LogP contribution < -0.4 is 4.72 Å². The van der Waals surface area contributed by atoms with Crippen LogP contribution in [0.3, 0.4) is 0 Å². The van der Waals surface area contributed by atoms with Gasteiger partial charge in [0, 0.05) is 6.20 Å². The van der Waals surface area contributed by atoms with Gasteiger partial charge in [0.15, 0.2) is 0 Å². The Labute approximate surface area is 126 Å². The molecule has 6 heteroatoms. The van der Waals surface area contributed by atoms with Gasteiger partial charge in [0.1, 0.15) is 0 Å². The monoisotopic (exact) mass is 309 g/mol. The first-order valence-electron chi connectivity index (χ1n) is 8.22. The van der Waals surface area contributed by atoms with E-state index < -0.39 is 10.0 Å². The number of aromatic nitrogens is 2. The van der Waals surface area contributed by atoms with Crippen LogP contribution in [0.5, 0.6) is 0 Å². The number of nitrogens with one attached hydrogen (secondary N) is 1. The maximum absolute atomic E-state index is 12.2. The van der Waals surface area contributed by atoms with Gasteiger partial charge in [-0.2, -0.15) is 5.10 Å². The highest BCUT2D eigenvalue weighted by atomic mass is 32.2. The molecule has 0 saturated heterocycles. The number of aryl methyl sites for hydroxylation is 1. The summed E-state index contributed by atoms with van der Waals surface area (Å²) in [7, 11) is -3.14. The van der Waals surface area contributed by atoms with Crippen molar-refractivity contribution in [2.24, 2.45) is 0 Å². The smallest absolute Gasteiger partial charge is 0.215 e. The summed E-state index contributed by atoms with van der Waals surface area (Å²) in [4.78, 5) is 0. The van der Waals surface area contributed by atoms with Crippen molar-refractivity contribution in [3.8, 4) is 0 Å². The quantitative estimate of drug-likeness (QED) is 0.929. The van der Waals surface area contributed by atoms with E-state index >= 15 is 0 Å². The fourth-order valence-electron chi connectivity index (χ4n) is 3.71. The van der Waals surface area contributed by atoms with E-state index in [0.29, 0.717) is 6.04 Å². The lowest BCUT2D eigenvalue weighted by atomic mass is 9.94. The van der Waals surface area contributed by atoms with E-state index in [2.05, 4.69) is 15.6 Å². The SMILES string of the molecule is O=S(=O)(N[C@@H]1CCCc2cn(C3CCCC3)nc21)C1CC1. The van der Waals surface area contributed by atoms with Crippen molar-refractivity contribution >= 4 is 10.0 Å². The van der Waals surface area contributed by atoms with Gasteiger partial charge in [-0.3, -0.25) is 4.68 Å². The first-order valence-corrected chi connectivity index (χ1v) is 9.77. The average Bonchev–Trinajstić information content (AvgIpc) is 3.01. The second-order valence-electron chi connectivity index (χ2n) is 6.76. The molecule has 1 aromatic rings. The molecule has 2 saturated carbocycles. The molecular weight excluding hydrogens is 286 g/mol. The number of nitrogens with zero attached hydrogens (tertiary/aromatic N) is 2. The zero-order valence-electron chi connectivity index (χ0n) is 12.3. The van der Waals surface area contributed by atoms with Crippen LogP contribution in [0, 0.1) is 0 Å². The standard InChI is InChI=1S/C15H23N3O2S/c19-21(20,13-8-9-13)17-14-7-3-4-11-10-18(16-15(11)14)12-5-1-2-6-12/h10,12-14,17H,1-9H2/t14-/m1/s1. The van der Waals surface area contributed by atoms with Crippen LogP contribution in [0.25, 0.3) is 0 Å². The molecule has 1 atom stereocenters. The highest BCUT2D eigenvalue weighted by Crippen LogP contribution is 2.35. The Morgan fingerprint density at radius 3 is 2.57 bits per heavy atom. The van der Waals surface area contributed by atoms with Crippen molar-refractivity contribution in [1.82, 2.24) is 14.5 Å². The van der Waals surface area contributed by atoms with Gasteiger partial charge in [-0.15, -0.1) is 0 Å². The molecule has 0 radical (unpaired) electrons. The van der Waals surface area contributed by atoms with Gasteiger partial charge in [0.05, 0.1) is 23.0 Å². The van der Waals surface area contributed by atoms with E-state index in [1.54, 1.807) is 0 Å². The summed E-state index contributed by atoms with van der Waals surface area (Å²) in [6.45, 7) is 0. The molecule has 2 fully saturated rings. The second kappa shape index (κ2) is 5.09. The minimum absolute atomic E-state index is 0.109. The Morgan fingerprint density at radius 1 is 1.10 bits per heavy atom. The van der Waals surface area contributed by atoms with Gasteiger partial charge in [-0.05, 0) is 50.5 Å². The maximum atomic E-state index is 12.2. The Morgan fingerprint density at radius 2 is 1.86 bits per heavy atom. The molecule has 3 aliphatic rings. The summed E-state index contributed by atoms with van der Waals surface area (Å²) in [5.41, 5.74) is 2.23. The van der Waals surface area contributed by atoms with E-state index in [9.17, 15) is 8.42 Å². The summed E-state index contributed by atoms with van der Waals surface area (Å²) in [6, 6.07) is 0.415. The van der Waals surface area contributed by atoms with E-state index in [1.165, 1.54) is 31.2 Å². The molecule has 1 aromatic heterocycles. The number of sulfonamides is 1. The lowest BCUT2D eigenvalue weighted by Gasteiger charge is -2.22. The maximum Gasteiger partial charge on any atom is 0.215 e. The third-order valence-electron chi connectivity index (χ3n) is 5.08. The van der Waals surface area contributed by atoms with Crippen LogP contribution in [-0.4, -0.2) is 23.4 Å². The van der Waals surface area contributed by atoms with Gasteiger partial charge in [0.25, 0.3) is 0 Å². The van der Waals surface area contributed by atoms with E-state index in [-0.39, 0.29) is 11.3 Å². The van der Waals surface area contributed by atoms with Crippen molar-refractivity contribution in [3.63, 3.8) is 0 Å². The van der Waals surface area contributed by atoms with E-state index in [1.807, 2.05) is 0 Å². The molecule has 5 nitrogen and oxygen atoms in total. The van der Waals surface area contributed by atoms with Crippen LogP contribution in [0.1, 0.15) is 74.7 Å². The summed E-state index contributed by atoms with van der Waals surface area (Å²) in [5.74, 6) is 0. The molecule has 0 aliphatic heterocycles. The van der Waals surface area contributed by atoms with Gasteiger partial charge in [-0.1, -0.05) is 12.8 Å². The molecule has 21 heavy (non-hydrogen) atoms. The summed E-state index contributed by atoms with van der Waals surface area (Å²) in [5, 5.41) is 4.61.